The number of nitrogens with zero attached hydrogens (tertiary/aromatic N) is 1. The van der Waals surface area contributed by atoms with Crippen molar-refractivity contribution in [1.29, 1.82) is 0 Å². The first-order valence-electron chi connectivity index (χ1n) is 8.68. The summed E-state index contributed by atoms with van der Waals surface area (Å²) < 4.78 is 37.6. The van der Waals surface area contributed by atoms with Crippen molar-refractivity contribution >= 4 is 0 Å². The van der Waals surface area contributed by atoms with E-state index in [1.54, 1.807) is 31.4 Å². The monoisotopic (exact) mass is 363 g/mol. The smallest absolute Gasteiger partial charge is 0.130 e. The van der Waals surface area contributed by atoms with Crippen molar-refractivity contribution in [2.24, 2.45) is 0 Å². The topological polar surface area (TPSA) is 41.9 Å². The average Bonchev–Trinajstić information content (AvgIpc) is 3.47. The van der Waals surface area contributed by atoms with Crippen LogP contribution in [0.15, 0.2) is 42.5 Å². The summed E-state index contributed by atoms with van der Waals surface area (Å²) in [7, 11) is 1.59. The molecule has 1 saturated carbocycles. The second kappa shape index (κ2) is 8.47. The van der Waals surface area contributed by atoms with E-state index >= 15 is 0 Å². The van der Waals surface area contributed by atoms with Crippen LogP contribution in [-0.2, 0) is 6.54 Å². The molecule has 4 nitrogen and oxygen atoms in total. The number of hydrogen-bond donors (Lipinski definition) is 1. The maximum absolute atomic E-state index is 13.9. The summed E-state index contributed by atoms with van der Waals surface area (Å²) in [6.45, 7) is 0.857. The van der Waals surface area contributed by atoms with Gasteiger partial charge in [-0.05, 0) is 43.2 Å². The maximum atomic E-state index is 13.9. The van der Waals surface area contributed by atoms with Gasteiger partial charge in [-0.2, -0.15) is 0 Å². The fraction of sp³-hybridized carbons (Fsp3) is 0.400. The van der Waals surface area contributed by atoms with Gasteiger partial charge in [-0.1, -0.05) is 6.07 Å². The molecule has 1 aliphatic rings. The van der Waals surface area contributed by atoms with Crippen molar-refractivity contribution in [1.82, 2.24) is 4.90 Å². The van der Waals surface area contributed by atoms with Gasteiger partial charge < -0.3 is 14.6 Å². The van der Waals surface area contributed by atoms with Crippen LogP contribution in [0.4, 0.5) is 8.78 Å². The Bertz CT molecular complexity index is 719. The minimum atomic E-state index is -0.707. The molecule has 6 heteroatoms. The van der Waals surface area contributed by atoms with Gasteiger partial charge in [-0.3, -0.25) is 4.90 Å². The SMILES string of the molecule is COc1ccc(OC[C@@H](O)CN(Cc2ccc(F)cc2F)C2CC2)cc1. The van der Waals surface area contributed by atoms with Gasteiger partial charge in [0.2, 0.25) is 0 Å². The molecule has 140 valence electrons. The molecular weight excluding hydrogens is 340 g/mol. The molecule has 0 saturated heterocycles. The molecule has 1 N–H and O–H groups in total. The van der Waals surface area contributed by atoms with Crippen LogP contribution in [0.2, 0.25) is 0 Å². The third kappa shape index (κ3) is 5.16. The summed E-state index contributed by atoms with van der Waals surface area (Å²) in [5.41, 5.74) is 0.432. The number of benzene rings is 2. The van der Waals surface area contributed by atoms with Crippen LogP contribution in [0.3, 0.4) is 0 Å². The number of rotatable bonds is 9. The molecule has 1 aliphatic carbocycles. The van der Waals surface area contributed by atoms with Crippen LogP contribution in [-0.4, -0.2) is 42.4 Å². The van der Waals surface area contributed by atoms with Gasteiger partial charge in [0, 0.05) is 30.8 Å². The van der Waals surface area contributed by atoms with E-state index in [2.05, 4.69) is 0 Å². The normalized spacial score (nSPS) is 15.1. The Hall–Kier alpha value is -2.18. The molecule has 2 aromatic rings. The van der Waals surface area contributed by atoms with Gasteiger partial charge in [-0.15, -0.1) is 0 Å². The average molecular weight is 363 g/mol. The van der Waals surface area contributed by atoms with E-state index in [0.717, 1.165) is 24.7 Å². The first-order chi connectivity index (χ1) is 12.5. The Labute approximate surface area is 152 Å². The highest BCUT2D eigenvalue weighted by molar-refractivity contribution is 5.31. The van der Waals surface area contributed by atoms with E-state index in [-0.39, 0.29) is 6.61 Å². The standard InChI is InChI=1S/C20H23F2NO3/c1-25-18-6-8-19(9-7-18)26-13-17(24)12-23(16-4-5-16)11-14-2-3-15(21)10-20(14)22/h2-3,6-10,16-17,24H,4-5,11-13H2,1H3/t17-/m0/s1. The summed E-state index contributed by atoms with van der Waals surface area (Å²) in [6, 6.07) is 11.1. The van der Waals surface area contributed by atoms with E-state index in [0.29, 0.717) is 30.4 Å². The highest BCUT2D eigenvalue weighted by atomic mass is 19.1. The molecule has 0 unspecified atom stereocenters. The van der Waals surface area contributed by atoms with Crippen LogP contribution in [0.5, 0.6) is 11.5 Å². The first kappa shape index (κ1) is 18.6. The van der Waals surface area contributed by atoms with Gasteiger partial charge in [0.15, 0.2) is 0 Å². The highest BCUT2D eigenvalue weighted by Crippen LogP contribution is 2.29. The molecule has 0 spiro atoms. The zero-order chi connectivity index (χ0) is 18.5. The minimum Gasteiger partial charge on any atom is -0.497 e. The molecule has 2 aromatic carbocycles. The minimum absolute atomic E-state index is 0.140. The van der Waals surface area contributed by atoms with Gasteiger partial charge in [0.05, 0.1) is 7.11 Å². The predicted octanol–water partition coefficient (Wildman–Crippen LogP) is 3.38. The summed E-state index contributed by atoms with van der Waals surface area (Å²) in [4.78, 5) is 2.03. The second-order valence-corrected chi connectivity index (χ2v) is 6.54. The number of methoxy groups -OCH3 is 1. The number of ether oxygens (including phenoxy) is 2. The van der Waals surface area contributed by atoms with E-state index in [1.807, 2.05) is 4.90 Å². The molecule has 0 bridgehead atoms. The fourth-order valence-electron chi connectivity index (χ4n) is 2.84. The number of halogens is 2. The lowest BCUT2D eigenvalue weighted by Gasteiger charge is -2.25. The van der Waals surface area contributed by atoms with Crippen LogP contribution in [0.1, 0.15) is 18.4 Å². The third-order valence-electron chi connectivity index (χ3n) is 4.40. The van der Waals surface area contributed by atoms with Crippen molar-refractivity contribution < 1.29 is 23.4 Å². The lowest BCUT2D eigenvalue weighted by Crippen LogP contribution is -2.37. The molecule has 1 atom stereocenters. The van der Waals surface area contributed by atoms with Crippen LogP contribution in [0.25, 0.3) is 0 Å². The first-order valence-corrected chi connectivity index (χ1v) is 8.68. The Morgan fingerprint density at radius 1 is 1.12 bits per heavy atom. The Balaban J connectivity index is 1.53. The van der Waals surface area contributed by atoms with E-state index in [4.69, 9.17) is 9.47 Å². The Morgan fingerprint density at radius 3 is 2.42 bits per heavy atom. The van der Waals surface area contributed by atoms with Gasteiger partial charge >= 0.3 is 0 Å². The van der Waals surface area contributed by atoms with Crippen LogP contribution in [0, 0.1) is 11.6 Å². The van der Waals surface area contributed by atoms with Gasteiger partial charge in [0.25, 0.3) is 0 Å². The van der Waals surface area contributed by atoms with Crippen molar-refractivity contribution in [3.05, 3.63) is 59.7 Å². The molecule has 0 radical (unpaired) electrons. The number of aliphatic hydroxyl groups excluding tert-OH is 1. The summed E-state index contributed by atoms with van der Waals surface area (Å²) in [6.07, 6.45) is 1.34. The molecule has 3 rings (SSSR count). The van der Waals surface area contributed by atoms with E-state index < -0.39 is 17.7 Å². The largest absolute Gasteiger partial charge is 0.497 e. The molecule has 0 heterocycles. The van der Waals surface area contributed by atoms with Crippen LogP contribution >= 0.6 is 0 Å². The van der Waals surface area contributed by atoms with E-state index in [9.17, 15) is 13.9 Å². The highest BCUT2D eigenvalue weighted by Gasteiger charge is 2.31. The molecule has 0 amide bonds. The third-order valence-corrected chi connectivity index (χ3v) is 4.40. The van der Waals surface area contributed by atoms with Crippen LogP contribution < -0.4 is 9.47 Å². The Kier molecular flexibility index (Phi) is 6.06. The van der Waals surface area contributed by atoms with Crippen molar-refractivity contribution in [3.63, 3.8) is 0 Å². The molecule has 1 fully saturated rings. The van der Waals surface area contributed by atoms with Crippen molar-refractivity contribution in [3.8, 4) is 11.5 Å². The quantitative estimate of drug-likeness (QED) is 0.742. The molecule has 0 aromatic heterocycles. The fourth-order valence-corrected chi connectivity index (χ4v) is 2.84. The zero-order valence-corrected chi connectivity index (χ0v) is 14.7. The molecule has 0 aliphatic heterocycles. The lowest BCUT2D eigenvalue weighted by atomic mass is 10.2. The maximum Gasteiger partial charge on any atom is 0.130 e. The molecule has 26 heavy (non-hydrogen) atoms. The van der Waals surface area contributed by atoms with Gasteiger partial charge in [-0.25, -0.2) is 8.78 Å². The summed E-state index contributed by atoms with van der Waals surface area (Å²) in [5, 5.41) is 10.3. The summed E-state index contributed by atoms with van der Waals surface area (Å²) >= 11 is 0. The Morgan fingerprint density at radius 2 is 1.81 bits per heavy atom. The molecular formula is C20H23F2NO3. The number of aliphatic hydroxyl groups is 1. The zero-order valence-electron chi connectivity index (χ0n) is 14.7. The lowest BCUT2D eigenvalue weighted by molar-refractivity contribution is 0.0622. The van der Waals surface area contributed by atoms with Gasteiger partial charge in [0.1, 0.15) is 35.8 Å². The summed E-state index contributed by atoms with van der Waals surface area (Å²) in [5.74, 6) is 0.239. The second-order valence-electron chi connectivity index (χ2n) is 6.54. The van der Waals surface area contributed by atoms with Crippen molar-refractivity contribution in [2.45, 2.75) is 31.5 Å². The van der Waals surface area contributed by atoms with E-state index in [1.165, 1.54) is 12.1 Å². The van der Waals surface area contributed by atoms with Crippen molar-refractivity contribution in [2.75, 3.05) is 20.3 Å². The predicted molar refractivity (Wildman–Crippen MR) is 94.3 cm³/mol. The number of hydrogen-bond acceptors (Lipinski definition) is 4.